The highest BCUT2D eigenvalue weighted by molar-refractivity contribution is 5.06. The van der Waals surface area contributed by atoms with Crippen molar-refractivity contribution in [1.29, 1.82) is 0 Å². The Morgan fingerprint density at radius 3 is 2.61 bits per heavy atom. The molecule has 2 heterocycles. The maximum atomic E-state index is 10.7. The van der Waals surface area contributed by atoms with Crippen molar-refractivity contribution in [1.82, 2.24) is 0 Å². The first-order valence-electron chi connectivity index (χ1n) is 7.48. The minimum Gasteiger partial charge on any atom is -0.361 e. The zero-order valence-electron chi connectivity index (χ0n) is 10.8. The molecule has 4 nitrogen and oxygen atoms in total. The Morgan fingerprint density at radius 1 is 0.833 bits per heavy atom. The van der Waals surface area contributed by atoms with Crippen molar-refractivity contribution in [2.75, 3.05) is 0 Å². The quantitative estimate of drug-likeness (QED) is 0.675. The fourth-order valence-electron chi connectivity index (χ4n) is 4.51. The molecular formula is C14H22O4. The molecule has 2 bridgehead atoms. The number of hydrogen-bond acceptors (Lipinski definition) is 4. The largest absolute Gasteiger partial charge is 0.361 e. The minimum absolute atomic E-state index is 0.448. The summed E-state index contributed by atoms with van der Waals surface area (Å²) in [5, 5.41) is 10.7. The van der Waals surface area contributed by atoms with Crippen LogP contribution >= 0.6 is 0 Å². The summed E-state index contributed by atoms with van der Waals surface area (Å²) in [4.78, 5) is 11.2. The zero-order valence-corrected chi connectivity index (χ0v) is 10.8. The molecule has 2 saturated heterocycles. The summed E-state index contributed by atoms with van der Waals surface area (Å²) in [5.74, 6) is -1.32. The van der Waals surface area contributed by atoms with Gasteiger partial charge in [0.05, 0.1) is 0 Å². The third-order valence-electron chi connectivity index (χ3n) is 5.59. The van der Waals surface area contributed by atoms with Gasteiger partial charge in [-0.15, -0.1) is 0 Å². The monoisotopic (exact) mass is 254 g/mol. The Balaban J connectivity index is 1.70. The molecular weight excluding hydrogens is 232 g/mol. The van der Waals surface area contributed by atoms with Crippen LogP contribution in [0.3, 0.4) is 0 Å². The fourth-order valence-corrected chi connectivity index (χ4v) is 4.51. The molecule has 4 aliphatic rings. The van der Waals surface area contributed by atoms with Crippen LogP contribution in [0.15, 0.2) is 0 Å². The predicted molar refractivity (Wildman–Crippen MR) is 63.3 cm³/mol. The smallest absolute Gasteiger partial charge is 0.228 e. The molecule has 1 N–H and O–H groups in total. The van der Waals surface area contributed by atoms with Gasteiger partial charge < -0.3 is 9.84 Å². The first-order chi connectivity index (χ1) is 8.68. The highest BCUT2D eigenvalue weighted by Gasteiger charge is 2.67. The Labute approximate surface area is 108 Å². The minimum atomic E-state index is -1.21. The Hall–Kier alpha value is -0.160. The fraction of sp³-hybridized carbons (Fsp3) is 1.00. The molecule has 2 aliphatic carbocycles. The lowest BCUT2D eigenvalue weighted by atomic mass is 9.68. The maximum Gasteiger partial charge on any atom is 0.228 e. The average Bonchev–Trinajstić information content (AvgIpc) is 2.40. The molecule has 4 rings (SSSR count). The van der Waals surface area contributed by atoms with Gasteiger partial charge in [-0.25, -0.2) is 0 Å². The van der Waals surface area contributed by atoms with E-state index in [9.17, 15) is 5.11 Å². The summed E-state index contributed by atoms with van der Waals surface area (Å²) < 4.78 is 6.41. The second kappa shape index (κ2) is 3.69. The molecule has 0 aromatic heterocycles. The van der Waals surface area contributed by atoms with Crippen molar-refractivity contribution in [3.05, 3.63) is 0 Å². The van der Waals surface area contributed by atoms with E-state index in [0.717, 1.165) is 51.4 Å². The van der Waals surface area contributed by atoms with Crippen LogP contribution in [0.25, 0.3) is 0 Å². The van der Waals surface area contributed by atoms with Crippen molar-refractivity contribution >= 4 is 0 Å². The van der Waals surface area contributed by atoms with Crippen LogP contribution in [0.2, 0.25) is 0 Å². The number of rotatable bonds is 0. The molecule has 2 spiro atoms. The van der Waals surface area contributed by atoms with Gasteiger partial charge in [0.1, 0.15) is 5.60 Å². The van der Waals surface area contributed by atoms with Crippen LogP contribution in [-0.4, -0.2) is 22.3 Å². The molecule has 4 heteroatoms. The van der Waals surface area contributed by atoms with E-state index in [2.05, 4.69) is 0 Å². The Kier molecular flexibility index (Phi) is 2.39. The Morgan fingerprint density at radius 2 is 1.67 bits per heavy atom. The zero-order chi connectivity index (χ0) is 12.3. The second-order valence-electron chi connectivity index (χ2n) is 6.55. The summed E-state index contributed by atoms with van der Waals surface area (Å²) in [6.45, 7) is 0. The number of hydrogen-bond donors (Lipinski definition) is 1. The van der Waals surface area contributed by atoms with Gasteiger partial charge in [-0.3, -0.25) is 0 Å². The second-order valence-corrected chi connectivity index (χ2v) is 6.55. The van der Waals surface area contributed by atoms with E-state index in [1.807, 2.05) is 0 Å². The van der Waals surface area contributed by atoms with Crippen LogP contribution in [0.1, 0.15) is 64.2 Å². The van der Waals surface area contributed by atoms with Gasteiger partial charge in [0.15, 0.2) is 0 Å². The van der Waals surface area contributed by atoms with Crippen molar-refractivity contribution in [3.63, 3.8) is 0 Å². The van der Waals surface area contributed by atoms with Crippen molar-refractivity contribution in [2.24, 2.45) is 5.92 Å². The van der Waals surface area contributed by atoms with Gasteiger partial charge in [0, 0.05) is 18.8 Å². The van der Waals surface area contributed by atoms with Gasteiger partial charge in [-0.2, -0.15) is 9.78 Å². The van der Waals surface area contributed by atoms with E-state index in [1.165, 1.54) is 6.42 Å². The SMILES string of the molecule is O[C@]12CCCC[C@]13CC[C@@H]1CCCC[C@@]1(OO2)O3. The maximum absolute atomic E-state index is 10.7. The molecule has 0 radical (unpaired) electrons. The van der Waals surface area contributed by atoms with Crippen molar-refractivity contribution < 1.29 is 19.6 Å². The molecule has 2 aliphatic heterocycles. The first-order valence-corrected chi connectivity index (χ1v) is 7.48. The Bertz CT molecular complexity index is 360. The van der Waals surface area contributed by atoms with Gasteiger partial charge >= 0.3 is 0 Å². The van der Waals surface area contributed by atoms with Crippen LogP contribution in [-0.2, 0) is 14.5 Å². The van der Waals surface area contributed by atoms with Crippen molar-refractivity contribution in [2.45, 2.75) is 81.4 Å². The highest BCUT2D eigenvalue weighted by Crippen LogP contribution is 2.58. The summed E-state index contributed by atoms with van der Waals surface area (Å²) in [6.07, 6.45) is 10.1. The highest BCUT2D eigenvalue weighted by atomic mass is 17.3. The van der Waals surface area contributed by atoms with Gasteiger partial charge in [-0.05, 0) is 38.5 Å². The average molecular weight is 254 g/mol. The van der Waals surface area contributed by atoms with Gasteiger partial charge in [0.25, 0.3) is 0 Å². The number of ether oxygens (including phenoxy) is 1. The predicted octanol–water partition coefficient (Wildman–Crippen LogP) is 2.65. The first kappa shape index (κ1) is 11.6. The summed E-state index contributed by atoms with van der Waals surface area (Å²) in [7, 11) is 0. The molecule has 0 amide bonds. The standard InChI is InChI=1S/C14H22O4/c15-14-9-4-3-7-12(14)10-6-11-5-1-2-8-13(11,16-12)17-18-14/h11,15H,1-10H2/t11-,12-,13-,14-/m0/s1. The van der Waals surface area contributed by atoms with E-state index < -0.39 is 17.2 Å². The third-order valence-corrected chi connectivity index (χ3v) is 5.59. The van der Waals surface area contributed by atoms with Crippen LogP contribution < -0.4 is 0 Å². The van der Waals surface area contributed by atoms with E-state index in [1.54, 1.807) is 0 Å². The molecule has 18 heavy (non-hydrogen) atoms. The summed E-state index contributed by atoms with van der Waals surface area (Å²) >= 11 is 0. The third kappa shape index (κ3) is 1.35. The normalized spacial score (nSPS) is 55.5. The lowest BCUT2D eigenvalue weighted by Gasteiger charge is -2.62. The molecule has 0 aromatic carbocycles. The van der Waals surface area contributed by atoms with Crippen LogP contribution in [0.4, 0.5) is 0 Å². The van der Waals surface area contributed by atoms with Crippen LogP contribution in [0, 0.1) is 5.92 Å². The molecule has 0 aromatic rings. The van der Waals surface area contributed by atoms with Gasteiger partial charge in [-0.1, -0.05) is 12.8 Å². The molecule has 4 atom stereocenters. The van der Waals surface area contributed by atoms with E-state index in [-0.39, 0.29) is 0 Å². The lowest BCUT2D eigenvalue weighted by molar-refractivity contribution is -0.610. The molecule has 4 fully saturated rings. The topological polar surface area (TPSA) is 47.9 Å². The van der Waals surface area contributed by atoms with Crippen molar-refractivity contribution in [3.8, 4) is 0 Å². The van der Waals surface area contributed by atoms with Gasteiger partial charge in [0.2, 0.25) is 11.6 Å². The summed E-state index contributed by atoms with van der Waals surface area (Å²) in [6, 6.07) is 0. The molecule has 102 valence electrons. The van der Waals surface area contributed by atoms with Crippen LogP contribution in [0.5, 0.6) is 0 Å². The summed E-state index contributed by atoms with van der Waals surface area (Å²) in [5.41, 5.74) is -0.503. The molecule has 0 unspecified atom stereocenters. The van der Waals surface area contributed by atoms with E-state index >= 15 is 0 Å². The van der Waals surface area contributed by atoms with E-state index in [4.69, 9.17) is 14.5 Å². The van der Waals surface area contributed by atoms with E-state index in [0.29, 0.717) is 12.3 Å². The molecule has 2 saturated carbocycles. The lowest BCUT2D eigenvalue weighted by Crippen LogP contribution is -2.72. The number of aliphatic hydroxyl groups is 1.